The molecular weight excluding hydrogens is 244 g/mol. The van der Waals surface area contributed by atoms with Crippen molar-refractivity contribution in [3.63, 3.8) is 0 Å². The lowest BCUT2D eigenvalue weighted by atomic mass is 9.92. The first kappa shape index (κ1) is 14.8. The summed E-state index contributed by atoms with van der Waals surface area (Å²) in [5, 5.41) is 0. The first-order valence-electron chi connectivity index (χ1n) is 7.56. The van der Waals surface area contributed by atoms with Gasteiger partial charge in [-0.2, -0.15) is 0 Å². The fourth-order valence-corrected chi connectivity index (χ4v) is 2.51. The molecule has 1 nitrogen and oxygen atoms in total. The van der Waals surface area contributed by atoms with E-state index in [1.807, 2.05) is 0 Å². The first-order chi connectivity index (χ1) is 9.85. The van der Waals surface area contributed by atoms with Gasteiger partial charge >= 0.3 is 0 Å². The molecule has 0 aromatic heterocycles. The molecule has 0 unspecified atom stereocenters. The molecule has 0 aliphatic rings. The lowest BCUT2D eigenvalue weighted by molar-refractivity contribution is 0.0436. The minimum atomic E-state index is 0.318. The molecule has 20 heavy (non-hydrogen) atoms. The second-order valence-corrected chi connectivity index (χ2v) is 5.15. The highest BCUT2D eigenvalue weighted by molar-refractivity contribution is 5.32. The Morgan fingerprint density at radius 3 is 1.60 bits per heavy atom. The lowest BCUT2D eigenvalue weighted by Crippen LogP contribution is -2.17. The van der Waals surface area contributed by atoms with Crippen LogP contribution in [0, 0.1) is 0 Å². The third kappa shape index (κ3) is 3.94. The van der Waals surface area contributed by atoms with Crippen molar-refractivity contribution in [2.75, 3.05) is 6.61 Å². The van der Waals surface area contributed by atoms with E-state index in [4.69, 9.17) is 4.74 Å². The third-order valence-corrected chi connectivity index (χ3v) is 3.81. The van der Waals surface area contributed by atoms with E-state index >= 15 is 0 Å². The van der Waals surface area contributed by atoms with Crippen LogP contribution in [0.4, 0.5) is 0 Å². The van der Waals surface area contributed by atoms with Crippen LogP contribution in [0.3, 0.4) is 0 Å². The van der Waals surface area contributed by atoms with Crippen LogP contribution >= 0.6 is 0 Å². The molecule has 0 fully saturated rings. The van der Waals surface area contributed by atoms with E-state index in [0.29, 0.717) is 12.0 Å². The van der Waals surface area contributed by atoms with Gasteiger partial charge in [-0.3, -0.25) is 0 Å². The molecule has 0 heterocycles. The van der Waals surface area contributed by atoms with Crippen LogP contribution in [-0.2, 0) is 4.74 Å². The van der Waals surface area contributed by atoms with Crippen molar-refractivity contribution in [2.45, 2.75) is 38.7 Å². The van der Waals surface area contributed by atoms with Gasteiger partial charge in [-0.05, 0) is 24.0 Å². The summed E-state index contributed by atoms with van der Waals surface area (Å²) in [6.07, 6.45) is 2.52. The maximum Gasteiger partial charge on any atom is 0.0579 e. The first-order valence-corrected chi connectivity index (χ1v) is 7.56. The summed E-state index contributed by atoms with van der Waals surface area (Å²) in [5.74, 6) is 0.318. The van der Waals surface area contributed by atoms with Crippen molar-refractivity contribution in [3.8, 4) is 0 Å². The van der Waals surface area contributed by atoms with Crippen LogP contribution in [0.25, 0.3) is 0 Å². The molecule has 2 aromatic rings. The smallest absolute Gasteiger partial charge is 0.0579 e. The maximum absolute atomic E-state index is 6.11. The van der Waals surface area contributed by atoms with Crippen LogP contribution in [0.1, 0.15) is 43.7 Å². The van der Waals surface area contributed by atoms with E-state index in [2.05, 4.69) is 74.5 Å². The average Bonchev–Trinajstić information content (AvgIpc) is 2.53. The highest BCUT2D eigenvalue weighted by Crippen LogP contribution is 2.25. The van der Waals surface area contributed by atoms with E-state index in [9.17, 15) is 0 Å². The standard InChI is InChI=1S/C19H24O/c1-3-18(4-2)20-15-19(16-11-7-5-8-12-16)17-13-9-6-10-14-17/h5-14,18-19H,3-4,15H2,1-2H3. The molecule has 0 spiro atoms. The predicted molar refractivity (Wildman–Crippen MR) is 85.0 cm³/mol. The number of benzene rings is 2. The van der Waals surface area contributed by atoms with Crippen LogP contribution in [-0.4, -0.2) is 12.7 Å². The molecule has 0 radical (unpaired) electrons. The SMILES string of the molecule is CCC(CC)OCC(c1ccccc1)c1ccccc1. The highest BCUT2D eigenvalue weighted by atomic mass is 16.5. The fourth-order valence-electron chi connectivity index (χ4n) is 2.51. The normalized spacial score (nSPS) is 11.2. The van der Waals surface area contributed by atoms with Gasteiger partial charge in [0.25, 0.3) is 0 Å². The molecule has 0 aliphatic carbocycles. The van der Waals surface area contributed by atoms with Gasteiger partial charge in [-0.25, -0.2) is 0 Å². The van der Waals surface area contributed by atoms with E-state index in [1.54, 1.807) is 0 Å². The van der Waals surface area contributed by atoms with Crippen LogP contribution in [0.15, 0.2) is 60.7 Å². The molecule has 1 heteroatoms. The Bertz CT molecular complexity index is 434. The number of rotatable bonds is 7. The Hall–Kier alpha value is -1.60. The lowest BCUT2D eigenvalue weighted by Gasteiger charge is -2.22. The molecule has 2 aromatic carbocycles. The van der Waals surface area contributed by atoms with E-state index in [0.717, 1.165) is 19.4 Å². The van der Waals surface area contributed by atoms with Gasteiger partial charge in [0.1, 0.15) is 0 Å². The van der Waals surface area contributed by atoms with Crippen molar-refractivity contribution in [2.24, 2.45) is 0 Å². The topological polar surface area (TPSA) is 9.23 Å². The molecule has 106 valence electrons. The van der Waals surface area contributed by atoms with Crippen molar-refractivity contribution in [1.29, 1.82) is 0 Å². The zero-order valence-corrected chi connectivity index (χ0v) is 12.5. The predicted octanol–water partition coefficient (Wildman–Crippen LogP) is 5.02. The van der Waals surface area contributed by atoms with Gasteiger partial charge in [-0.15, -0.1) is 0 Å². The Morgan fingerprint density at radius 1 is 0.750 bits per heavy atom. The van der Waals surface area contributed by atoms with Crippen LogP contribution in [0.5, 0.6) is 0 Å². The molecule has 2 rings (SSSR count). The molecule has 0 bridgehead atoms. The van der Waals surface area contributed by atoms with Crippen molar-refractivity contribution < 1.29 is 4.74 Å². The summed E-state index contributed by atoms with van der Waals surface area (Å²) in [4.78, 5) is 0. The van der Waals surface area contributed by atoms with Crippen molar-refractivity contribution >= 4 is 0 Å². The third-order valence-electron chi connectivity index (χ3n) is 3.81. The van der Waals surface area contributed by atoms with Gasteiger partial charge in [0.15, 0.2) is 0 Å². The summed E-state index contributed by atoms with van der Waals surface area (Å²) < 4.78 is 6.11. The summed E-state index contributed by atoms with van der Waals surface area (Å²) in [6.45, 7) is 5.13. The number of hydrogen-bond acceptors (Lipinski definition) is 1. The Balaban J connectivity index is 2.17. The highest BCUT2D eigenvalue weighted by Gasteiger charge is 2.15. The molecular formula is C19H24O. The summed E-state index contributed by atoms with van der Waals surface area (Å²) in [7, 11) is 0. The van der Waals surface area contributed by atoms with E-state index in [-0.39, 0.29) is 0 Å². The minimum absolute atomic E-state index is 0.318. The maximum atomic E-state index is 6.11. The minimum Gasteiger partial charge on any atom is -0.377 e. The zero-order valence-electron chi connectivity index (χ0n) is 12.5. The molecule has 0 aliphatic heterocycles. The van der Waals surface area contributed by atoms with Gasteiger partial charge in [-0.1, -0.05) is 74.5 Å². The fraction of sp³-hybridized carbons (Fsp3) is 0.368. The average molecular weight is 268 g/mol. The van der Waals surface area contributed by atoms with Crippen LogP contribution in [0.2, 0.25) is 0 Å². The Labute approximate surface area is 122 Å². The Kier molecular flexibility index (Phi) is 5.82. The second-order valence-electron chi connectivity index (χ2n) is 5.15. The summed E-state index contributed by atoms with van der Waals surface area (Å²) in [5.41, 5.74) is 2.65. The number of hydrogen-bond donors (Lipinski definition) is 0. The van der Waals surface area contributed by atoms with Gasteiger partial charge in [0.05, 0.1) is 12.7 Å². The van der Waals surface area contributed by atoms with Crippen LogP contribution < -0.4 is 0 Å². The largest absolute Gasteiger partial charge is 0.377 e. The molecule has 0 atom stereocenters. The number of ether oxygens (including phenoxy) is 1. The molecule has 0 saturated carbocycles. The molecule has 0 N–H and O–H groups in total. The monoisotopic (exact) mass is 268 g/mol. The summed E-state index contributed by atoms with van der Waals surface area (Å²) >= 11 is 0. The Morgan fingerprint density at radius 2 is 1.20 bits per heavy atom. The van der Waals surface area contributed by atoms with Gasteiger partial charge in [0.2, 0.25) is 0 Å². The zero-order chi connectivity index (χ0) is 14.2. The van der Waals surface area contributed by atoms with Crippen molar-refractivity contribution in [1.82, 2.24) is 0 Å². The van der Waals surface area contributed by atoms with Gasteiger partial charge < -0.3 is 4.74 Å². The van der Waals surface area contributed by atoms with E-state index in [1.165, 1.54) is 11.1 Å². The quantitative estimate of drug-likeness (QED) is 0.685. The van der Waals surface area contributed by atoms with Gasteiger partial charge in [0, 0.05) is 5.92 Å². The molecule has 0 saturated heterocycles. The second kappa shape index (κ2) is 7.86. The summed E-state index contributed by atoms with van der Waals surface area (Å²) in [6, 6.07) is 21.3. The van der Waals surface area contributed by atoms with Crippen molar-refractivity contribution in [3.05, 3.63) is 71.8 Å². The van der Waals surface area contributed by atoms with E-state index < -0.39 is 0 Å². The molecule has 0 amide bonds.